The quantitative estimate of drug-likeness (QED) is 0.650. The Morgan fingerprint density at radius 3 is 2.65 bits per heavy atom. The van der Waals surface area contributed by atoms with Crippen molar-refractivity contribution in [3.05, 3.63) is 73.2 Å². The maximum atomic E-state index is 4.48. The standard InChI is InChI=1S/C19H18N4/c1-3-11-20-19-14(2)21-13-17(19)23-18-10-9-16(12-22-18)15-7-5-4-6-8-15/h3-13,21H,1H2,2H3,(H,22,23)/b20-11-. The SMILES string of the molecule is C=C/C=N\c1c(Nc2ccc(-c3ccccc3)cn2)c[nH]c1C. The lowest BCUT2D eigenvalue weighted by atomic mass is 10.1. The number of rotatable bonds is 5. The van der Waals surface area contributed by atoms with Gasteiger partial charge in [-0.2, -0.15) is 0 Å². The van der Waals surface area contributed by atoms with Crippen molar-refractivity contribution in [1.82, 2.24) is 9.97 Å². The molecule has 3 aromatic rings. The second-order valence-corrected chi connectivity index (χ2v) is 5.11. The molecule has 2 N–H and O–H groups in total. The topological polar surface area (TPSA) is 53.1 Å². The van der Waals surface area contributed by atoms with E-state index < -0.39 is 0 Å². The van der Waals surface area contributed by atoms with Gasteiger partial charge in [0.05, 0.1) is 5.69 Å². The van der Waals surface area contributed by atoms with Gasteiger partial charge in [-0.15, -0.1) is 0 Å². The first kappa shape index (κ1) is 14.8. The Kier molecular flexibility index (Phi) is 4.34. The summed E-state index contributed by atoms with van der Waals surface area (Å²) in [5.41, 5.74) is 4.98. The lowest BCUT2D eigenvalue weighted by Crippen LogP contribution is -1.92. The number of aromatic amines is 1. The summed E-state index contributed by atoms with van der Waals surface area (Å²) in [6.45, 7) is 5.63. The fourth-order valence-electron chi connectivity index (χ4n) is 2.32. The third kappa shape index (κ3) is 3.37. The average Bonchev–Trinajstić information content (AvgIpc) is 2.94. The zero-order valence-corrected chi connectivity index (χ0v) is 13.0. The van der Waals surface area contributed by atoms with Gasteiger partial charge in [0.15, 0.2) is 0 Å². The Balaban J connectivity index is 1.82. The second-order valence-electron chi connectivity index (χ2n) is 5.11. The molecule has 1 aromatic carbocycles. The van der Waals surface area contributed by atoms with Crippen molar-refractivity contribution in [3.8, 4) is 11.1 Å². The highest BCUT2D eigenvalue weighted by molar-refractivity contribution is 5.81. The zero-order valence-electron chi connectivity index (χ0n) is 13.0. The van der Waals surface area contributed by atoms with Crippen molar-refractivity contribution in [2.75, 3.05) is 5.32 Å². The number of aliphatic imine (C=N–C) groups is 1. The van der Waals surface area contributed by atoms with E-state index in [9.17, 15) is 0 Å². The number of nitrogens with zero attached hydrogens (tertiary/aromatic N) is 2. The summed E-state index contributed by atoms with van der Waals surface area (Å²) in [5.74, 6) is 0.777. The molecule has 0 radical (unpaired) electrons. The smallest absolute Gasteiger partial charge is 0.130 e. The molecule has 2 aromatic heterocycles. The highest BCUT2D eigenvalue weighted by atomic mass is 15.0. The minimum Gasteiger partial charge on any atom is -0.362 e. The number of hydrogen-bond acceptors (Lipinski definition) is 3. The maximum Gasteiger partial charge on any atom is 0.130 e. The van der Waals surface area contributed by atoms with Crippen LogP contribution in [0, 0.1) is 6.92 Å². The molecule has 2 heterocycles. The molecule has 0 amide bonds. The molecule has 23 heavy (non-hydrogen) atoms. The van der Waals surface area contributed by atoms with Crippen molar-refractivity contribution in [2.24, 2.45) is 4.99 Å². The summed E-state index contributed by atoms with van der Waals surface area (Å²) in [5, 5.41) is 3.29. The lowest BCUT2D eigenvalue weighted by molar-refractivity contribution is 1.26. The summed E-state index contributed by atoms with van der Waals surface area (Å²) < 4.78 is 0. The van der Waals surface area contributed by atoms with Crippen molar-refractivity contribution >= 4 is 23.4 Å². The summed E-state index contributed by atoms with van der Waals surface area (Å²) >= 11 is 0. The molecule has 0 unspecified atom stereocenters. The molecule has 0 saturated heterocycles. The van der Waals surface area contributed by atoms with Gasteiger partial charge in [0.2, 0.25) is 0 Å². The van der Waals surface area contributed by atoms with Gasteiger partial charge in [-0.1, -0.05) is 43.0 Å². The van der Waals surface area contributed by atoms with Gasteiger partial charge < -0.3 is 10.3 Å². The Morgan fingerprint density at radius 1 is 1.13 bits per heavy atom. The monoisotopic (exact) mass is 302 g/mol. The predicted molar refractivity (Wildman–Crippen MR) is 96.8 cm³/mol. The van der Waals surface area contributed by atoms with Crippen LogP contribution >= 0.6 is 0 Å². The van der Waals surface area contributed by atoms with Gasteiger partial charge in [-0.05, 0) is 24.6 Å². The molecule has 0 aliphatic carbocycles. The fraction of sp³-hybridized carbons (Fsp3) is 0.0526. The number of pyridine rings is 1. The summed E-state index contributed by atoms with van der Waals surface area (Å²) in [6.07, 6.45) is 7.08. The molecule has 0 spiro atoms. The molecule has 4 heteroatoms. The average molecular weight is 302 g/mol. The molecule has 0 atom stereocenters. The van der Waals surface area contributed by atoms with Gasteiger partial charge in [0.25, 0.3) is 0 Å². The predicted octanol–water partition coefficient (Wildman–Crippen LogP) is 5.02. The van der Waals surface area contributed by atoms with Crippen molar-refractivity contribution in [1.29, 1.82) is 0 Å². The van der Waals surface area contributed by atoms with Gasteiger partial charge in [-0.25, -0.2) is 4.98 Å². The molecule has 0 aliphatic heterocycles. The summed E-state index contributed by atoms with van der Waals surface area (Å²) in [7, 11) is 0. The Labute approximate surface area is 135 Å². The normalized spacial score (nSPS) is 10.8. The molecule has 0 fully saturated rings. The van der Waals surface area contributed by atoms with Crippen molar-refractivity contribution < 1.29 is 0 Å². The van der Waals surface area contributed by atoms with Crippen LogP contribution in [-0.2, 0) is 0 Å². The van der Waals surface area contributed by atoms with E-state index in [4.69, 9.17) is 0 Å². The van der Waals surface area contributed by atoms with Crippen LogP contribution in [0.25, 0.3) is 11.1 Å². The van der Waals surface area contributed by atoms with Gasteiger partial charge in [0, 0.05) is 29.9 Å². The van der Waals surface area contributed by atoms with Crippen LogP contribution < -0.4 is 5.32 Å². The highest BCUT2D eigenvalue weighted by Gasteiger charge is 2.07. The first-order valence-corrected chi connectivity index (χ1v) is 7.39. The van der Waals surface area contributed by atoms with Crippen LogP contribution in [0.3, 0.4) is 0 Å². The molecule has 114 valence electrons. The maximum absolute atomic E-state index is 4.48. The molecule has 0 aliphatic rings. The van der Waals surface area contributed by atoms with E-state index in [1.165, 1.54) is 0 Å². The van der Waals surface area contributed by atoms with E-state index in [2.05, 4.69) is 45.1 Å². The third-order valence-corrected chi connectivity index (χ3v) is 3.49. The van der Waals surface area contributed by atoms with E-state index in [0.717, 1.165) is 34.0 Å². The van der Waals surface area contributed by atoms with E-state index in [1.807, 2.05) is 43.6 Å². The molecular formula is C19H18N4. The molecule has 0 saturated carbocycles. The molecule has 4 nitrogen and oxygen atoms in total. The number of anilines is 2. The Hall–Kier alpha value is -3.14. The number of aryl methyl sites for hydroxylation is 1. The molecule has 3 rings (SSSR count). The van der Waals surface area contributed by atoms with Gasteiger partial charge >= 0.3 is 0 Å². The molecular weight excluding hydrogens is 284 g/mol. The van der Waals surface area contributed by atoms with Gasteiger partial charge in [0.1, 0.15) is 11.5 Å². The van der Waals surface area contributed by atoms with Crippen LogP contribution in [0.2, 0.25) is 0 Å². The summed E-state index contributed by atoms with van der Waals surface area (Å²) in [4.78, 5) is 12.0. The fourth-order valence-corrected chi connectivity index (χ4v) is 2.32. The van der Waals surface area contributed by atoms with Crippen LogP contribution in [0.5, 0.6) is 0 Å². The number of aromatic nitrogens is 2. The van der Waals surface area contributed by atoms with E-state index in [0.29, 0.717) is 0 Å². The van der Waals surface area contributed by atoms with Crippen LogP contribution in [-0.4, -0.2) is 16.2 Å². The third-order valence-electron chi connectivity index (χ3n) is 3.49. The van der Waals surface area contributed by atoms with E-state index in [-0.39, 0.29) is 0 Å². The number of allylic oxidation sites excluding steroid dienone is 1. The van der Waals surface area contributed by atoms with Crippen LogP contribution in [0.15, 0.2) is 72.5 Å². The number of benzene rings is 1. The highest BCUT2D eigenvalue weighted by Crippen LogP contribution is 2.31. The van der Waals surface area contributed by atoms with Crippen LogP contribution in [0.4, 0.5) is 17.2 Å². The number of hydrogen-bond donors (Lipinski definition) is 2. The lowest BCUT2D eigenvalue weighted by Gasteiger charge is -2.06. The largest absolute Gasteiger partial charge is 0.362 e. The first-order chi connectivity index (χ1) is 11.3. The first-order valence-electron chi connectivity index (χ1n) is 7.39. The number of nitrogens with one attached hydrogen (secondary N) is 2. The summed E-state index contributed by atoms with van der Waals surface area (Å²) in [6, 6.07) is 14.2. The van der Waals surface area contributed by atoms with Gasteiger partial charge in [-0.3, -0.25) is 4.99 Å². The van der Waals surface area contributed by atoms with Crippen LogP contribution in [0.1, 0.15) is 5.69 Å². The Bertz CT molecular complexity index is 814. The van der Waals surface area contributed by atoms with Crippen molar-refractivity contribution in [3.63, 3.8) is 0 Å². The Morgan fingerprint density at radius 2 is 1.96 bits per heavy atom. The minimum absolute atomic E-state index is 0.777. The van der Waals surface area contributed by atoms with Crippen molar-refractivity contribution in [2.45, 2.75) is 6.92 Å². The molecule has 0 bridgehead atoms. The van der Waals surface area contributed by atoms with E-state index >= 15 is 0 Å². The minimum atomic E-state index is 0.777. The zero-order chi connectivity index (χ0) is 16.1. The number of H-pyrrole nitrogens is 1. The second kappa shape index (κ2) is 6.75. The van der Waals surface area contributed by atoms with E-state index in [1.54, 1.807) is 12.3 Å².